The maximum absolute atomic E-state index is 12.6. The monoisotopic (exact) mass is 373 g/mol. The number of hydrogen-bond donors (Lipinski definition) is 1. The van der Waals surface area contributed by atoms with Crippen LogP contribution in [0, 0.1) is 16.4 Å². The van der Waals surface area contributed by atoms with Gasteiger partial charge < -0.3 is 10.0 Å². The van der Waals surface area contributed by atoms with Crippen LogP contribution in [0.25, 0.3) is 0 Å². The number of aliphatic hydroxyl groups is 1. The minimum absolute atomic E-state index is 0.135. The van der Waals surface area contributed by atoms with Crippen LogP contribution in [0.3, 0.4) is 0 Å². The Hall–Kier alpha value is -0.620. The third-order valence-electron chi connectivity index (χ3n) is 3.77. The summed E-state index contributed by atoms with van der Waals surface area (Å²) in [6.45, 7) is 3.87. The van der Waals surface area contributed by atoms with E-state index in [4.69, 9.17) is 5.11 Å². The first-order valence-electron chi connectivity index (χ1n) is 6.78. The summed E-state index contributed by atoms with van der Waals surface area (Å²) >= 11 is 2.25. The number of benzene rings is 1. The molecule has 1 aliphatic heterocycles. The van der Waals surface area contributed by atoms with Crippen LogP contribution in [-0.2, 0) is 0 Å². The fraction of sp³-hybridized carbons (Fsp3) is 0.533. The van der Waals surface area contributed by atoms with Crippen LogP contribution in [0.2, 0.25) is 0 Å². The lowest BCUT2D eigenvalue weighted by atomic mass is 9.94. The molecule has 3 nitrogen and oxygen atoms in total. The van der Waals surface area contributed by atoms with E-state index in [1.165, 1.54) is 0 Å². The molecule has 1 N–H and O–H groups in total. The predicted octanol–water partition coefficient (Wildman–Crippen LogP) is 2.83. The molecule has 1 heterocycles. The second kappa shape index (κ2) is 6.70. The second-order valence-electron chi connectivity index (χ2n) is 5.21. The van der Waals surface area contributed by atoms with Crippen LogP contribution in [-0.4, -0.2) is 35.6 Å². The highest BCUT2D eigenvalue weighted by Gasteiger charge is 2.25. The molecule has 1 fully saturated rings. The van der Waals surface area contributed by atoms with Gasteiger partial charge in [-0.05, 0) is 66.3 Å². The zero-order chi connectivity index (χ0) is 13.8. The minimum atomic E-state index is 0.135. The van der Waals surface area contributed by atoms with Crippen molar-refractivity contribution in [1.29, 1.82) is 0 Å². The summed E-state index contributed by atoms with van der Waals surface area (Å²) in [4.78, 5) is 14.5. The Kier molecular flexibility index (Phi) is 5.21. The molecule has 0 radical (unpaired) electrons. The van der Waals surface area contributed by atoms with Gasteiger partial charge in [0.25, 0.3) is 5.91 Å². The fourth-order valence-electron chi connectivity index (χ4n) is 2.65. The van der Waals surface area contributed by atoms with Gasteiger partial charge in [0.15, 0.2) is 0 Å². The molecule has 1 aliphatic rings. The number of aliphatic hydroxyl groups excluding tert-OH is 1. The third-order valence-corrected chi connectivity index (χ3v) is 5.20. The van der Waals surface area contributed by atoms with E-state index in [1.807, 2.05) is 30.0 Å². The zero-order valence-corrected chi connectivity index (χ0v) is 13.4. The van der Waals surface area contributed by atoms with Crippen LogP contribution in [0.4, 0.5) is 0 Å². The van der Waals surface area contributed by atoms with Crippen LogP contribution in [0.15, 0.2) is 18.2 Å². The van der Waals surface area contributed by atoms with Gasteiger partial charge in [-0.2, -0.15) is 0 Å². The van der Waals surface area contributed by atoms with E-state index in [9.17, 15) is 4.79 Å². The number of rotatable bonds is 3. The van der Waals surface area contributed by atoms with Gasteiger partial charge in [0.2, 0.25) is 0 Å². The average Bonchev–Trinajstić information content (AvgIpc) is 2.42. The molecule has 1 atom stereocenters. The first-order chi connectivity index (χ1) is 9.13. The Morgan fingerprint density at radius 2 is 2.32 bits per heavy atom. The van der Waals surface area contributed by atoms with Crippen molar-refractivity contribution in [2.24, 2.45) is 5.92 Å². The Balaban J connectivity index is 2.12. The quantitative estimate of drug-likeness (QED) is 0.828. The second-order valence-corrected chi connectivity index (χ2v) is 6.29. The largest absolute Gasteiger partial charge is 0.396 e. The van der Waals surface area contributed by atoms with E-state index in [0.717, 1.165) is 47.0 Å². The molecule has 0 spiro atoms. The summed E-state index contributed by atoms with van der Waals surface area (Å²) in [5, 5.41) is 9.04. The van der Waals surface area contributed by atoms with Crippen molar-refractivity contribution in [1.82, 2.24) is 4.90 Å². The van der Waals surface area contributed by atoms with Crippen molar-refractivity contribution < 1.29 is 9.90 Å². The van der Waals surface area contributed by atoms with Gasteiger partial charge in [-0.15, -0.1) is 0 Å². The molecule has 0 aromatic heterocycles. The lowest BCUT2D eigenvalue weighted by molar-refractivity contribution is 0.0652. The third kappa shape index (κ3) is 3.48. The van der Waals surface area contributed by atoms with E-state index in [1.54, 1.807) is 0 Å². The van der Waals surface area contributed by atoms with Crippen LogP contribution in [0.5, 0.6) is 0 Å². The maximum atomic E-state index is 12.6. The van der Waals surface area contributed by atoms with Crippen LogP contribution >= 0.6 is 22.6 Å². The minimum Gasteiger partial charge on any atom is -0.396 e. The van der Waals surface area contributed by atoms with Gasteiger partial charge in [-0.25, -0.2) is 0 Å². The normalized spacial score (nSPS) is 19.5. The van der Waals surface area contributed by atoms with E-state index in [2.05, 4.69) is 22.6 Å². The maximum Gasteiger partial charge on any atom is 0.254 e. The molecule has 2 rings (SSSR count). The summed E-state index contributed by atoms with van der Waals surface area (Å²) < 4.78 is 1.05. The number of halogens is 1. The Bertz CT molecular complexity index is 459. The molecule has 0 bridgehead atoms. The topological polar surface area (TPSA) is 40.5 Å². The molecular formula is C15H20INO2. The Morgan fingerprint density at radius 3 is 3.05 bits per heavy atom. The number of hydrogen-bond acceptors (Lipinski definition) is 2. The SMILES string of the molecule is Cc1cccc(C(=O)N2CCCC(CCO)C2)c1I. The highest BCUT2D eigenvalue weighted by Crippen LogP contribution is 2.23. The first-order valence-corrected chi connectivity index (χ1v) is 7.86. The van der Waals surface area contributed by atoms with Crippen molar-refractivity contribution in [3.63, 3.8) is 0 Å². The van der Waals surface area contributed by atoms with Gasteiger partial charge in [-0.3, -0.25) is 4.79 Å². The van der Waals surface area contributed by atoms with Crippen molar-refractivity contribution in [2.75, 3.05) is 19.7 Å². The molecule has 1 amide bonds. The van der Waals surface area contributed by atoms with E-state index in [-0.39, 0.29) is 12.5 Å². The van der Waals surface area contributed by atoms with Crippen molar-refractivity contribution in [2.45, 2.75) is 26.2 Å². The highest BCUT2D eigenvalue weighted by molar-refractivity contribution is 14.1. The molecule has 1 unspecified atom stereocenters. The van der Waals surface area contributed by atoms with Gasteiger partial charge in [0, 0.05) is 23.3 Å². The van der Waals surface area contributed by atoms with Gasteiger partial charge in [0.05, 0.1) is 5.56 Å². The van der Waals surface area contributed by atoms with E-state index < -0.39 is 0 Å². The fourth-order valence-corrected chi connectivity index (χ4v) is 3.24. The summed E-state index contributed by atoms with van der Waals surface area (Å²) in [5.41, 5.74) is 1.96. The number of amides is 1. The summed E-state index contributed by atoms with van der Waals surface area (Å²) in [6.07, 6.45) is 2.96. The molecule has 104 valence electrons. The van der Waals surface area contributed by atoms with Gasteiger partial charge in [0.1, 0.15) is 0 Å². The number of carbonyl (C=O) groups excluding carboxylic acids is 1. The Labute approximate surface area is 128 Å². The van der Waals surface area contributed by atoms with Crippen molar-refractivity contribution >= 4 is 28.5 Å². The summed E-state index contributed by atoms with van der Waals surface area (Å²) in [6, 6.07) is 5.88. The number of nitrogens with zero attached hydrogens (tertiary/aromatic N) is 1. The molecule has 0 saturated carbocycles. The van der Waals surface area contributed by atoms with Crippen molar-refractivity contribution in [3.05, 3.63) is 32.9 Å². The number of likely N-dealkylation sites (tertiary alicyclic amines) is 1. The van der Waals surface area contributed by atoms with E-state index in [0.29, 0.717) is 5.92 Å². The molecule has 0 aliphatic carbocycles. The lowest BCUT2D eigenvalue weighted by Crippen LogP contribution is -2.40. The van der Waals surface area contributed by atoms with E-state index >= 15 is 0 Å². The van der Waals surface area contributed by atoms with Crippen LogP contribution in [0.1, 0.15) is 35.2 Å². The smallest absolute Gasteiger partial charge is 0.254 e. The molecule has 19 heavy (non-hydrogen) atoms. The molecule has 1 saturated heterocycles. The molecule has 1 aromatic carbocycles. The first kappa shape index (κ1) is 14.8. The zero-order valence-electron chi connectivity index (χ0n) is 11.2. The number of aryl methyl sites for hydroxylation is 1. The summed E-state index contributed by atoms with van der Waals surface area (Å²) in [7, 11) is 0. The average molecular weight is 373 g/mol. The number of carbonyl (C=O) groups is 1. The summed E-state index contributed by atoms with van der Waals surface area (Å²) in [5.74, 6) is 0.584. The van der Waals surface area contributed by atoms with Crippen molar-refractivity contribution in [3.8, 4) is 0 Å². The Morgan fingerprint density at radius 1 is 1.53 bits per heavy atom. The highest BCUT2D eigenvalue weighted by atomic mass is 127. The molecular weight excluding hydrogens is 353 g/mol. The molecule has 1 aromatic rings. The molecule has 4 heteroatoms. The van der Waals surface area contributed by atoms with Gasteiger partial charge in [-0.1, -0.05) is 12.1 Å². The predicted molar refractivity (Wildman–Crippen MR) is 84.2 cm³/mol. The lowest BCUT2D eigenvalue weighted by Gasteiger charge is -2.33. The van der Waals surface area contributed by atoms with Gasteiger partial charge >= 0.3 is 0 Å². The van der Waals surface area contributed by atoms with Crippen LogP contribution < -0.4 is 0 Å². The standard InChI is InChI=1S/C15H20INO2/c1-11-4-2-6-13(14(11)16)15(19)17-8-3-5-12(10-17)7-9-18/h2,4,6,12,18H,3,5,7-10H2,1H3. The number of piperidine rings is 1.